The Morgan fingerprint density at radius 2 is 2.11 bits per heavy atom. The molecule has 1 aliphatic carbocycles. The predicted molar refractivity (Wildman–Crippen MR) is 75.7 cm³/mol. The van der Waals surface area contributed by atoms with Crippen LogP contribution in [0.1, 0.15) is 44.2 Å². The summed E-state index contributed by atoms with van der Waals surface area (Å²) in [5, 5.41) is 9.30. The van der Waals surface area contributed by atoms with E-state index < -0.39 is 0 Å². The van der Waals surface area contributed by atoms with E-state index in [1.54, 1.807) is 6.07 Å². The summed E-state index contributed by atoms with van der Waals surface area (Å²) >= 11 is 0. The Morgan fingerprint density at radius 1 is 1.42 bits per heavy atom. The van der Waals surface area contributed by atoms with E-state index in [-0.39, 0.29) is 18.5 Å². The first-order chi connectivity index (χ1) is 9.13. The predicted octanol–water partition coefficient (Wildman–Crippen LogP) is 2.59. The van der Waals surface area contributed by atoms with Gasteiger partial charge < -0.3 is 15.7 Å². The van der Waals surface area contributed by atoms with Crippen LogP contribution in [0.25, 0.3) is 0 Å². The Balaban J connectivity index is 2.34. The second kappa shape index (κ2) is 6.35. The third-order valence-corrected chi connectivity index (χ3v) is 3.90. The number of anilines is 1. The zero-order chi connectivity index (χ0) is 13.8. The SMILES string of the molecule is C[C@@H](N)c1cc(F)ccc1N(CCO)C1CCCC1. The van der Waals surface area contributed by atoms with Gasteiger partial charge in [0, 0.05) is 24.3 Å². The summed E-state index contributed by atoms with van der Waals surface area (Å²) in [5.41, 5.74) is 7.75. The number of halogens is 1. The summed E-state index contributed by atoms with van der Waals surface area (Å²) < 4.78 is 13.4. The van der Waals surface area contributed by atoms with Crippen LogP contribution in [0.5, 0.6) is 0 Å². The molecule has 0 aromatic heterocycles. The second-order valence-electron chi connectivity index (χ2n) is 5.35. The third-order valence-electron chi connectivity index (χ3n) is 3.90. The van der Waals surface area contributed by atoms with Gasteiger partial charge in [-0.2, -0.15) is 0 Å². The molecule has 1 aromatic carbocycles. The van der Waals surface area contributed by atoms with Crippen LogP contribution in [-0.4, -0.2) is 24.3 Å². The van der Waals surface area contributed by atoms with Crippen LogP contribution in [0, 0.1) is 5.82 Å². The summed E-state index contributed by atoms with van der Waals surface area (Å²) in [6.07, 6.45) is 4.72. The molecule has 0 spiro atoms. The van der Waals surface area contributed by atoms with Gasteiger partial charge in [0.25, 0.3) is 0 Å². The zero-order valence-electron chi connectivity index (χ0n) is 11.5. The number of hydrogen-bond acceptors (Lipinski definition) is 3. The lowest BCUT2D eigenvalue weighted by Crippen LogP contribution is -2.36. The first kappa shape index (κ1) is 14.3. The quantitative estimate of drug-likeness (QED) is 0.861. The summed E-state index contributed by atoms with van der Waals surface area (Å²) in [6.45, 7) is 2.55. The van der Waals surface area contributed by atoms with Crippen molar-refractivity contribution in [3.63, 3.8) is 0 Å². The molecule has 0 aliphatic heterocycles. The van der Waals surface area contributed by atoms with Crippen molar-refractivity contribution < 1.29 is 9.50 Å². The lowest BCUT2D eigenvalue weighted by atomic mass is 10.0. The summed E-state index contributed by atoms with van der Waals surface area (Å²) in [4.78, 5) is 2.20. The van der Waals surface area contributed by atoms with E-state index in [0.717, 1.165) is 24.1 Å². The molecule has 4 heteroatoms. The van der Waals surface area contributed by atoms with E-state index in [1.165, 1.54) is 25.0 Å². The molecule has 0 radical (unpaired) electrons. The van der Waals surface area contributed by atoms with Crippen LogP contribution in [0.15, 0.2) is 18.2 Å². The van der Waals surface area contributed by atoms with Crippen molar-refractivity contribution >= 4 is 5.69 Å². The smallest absolute Gasteiger partial charge is 0.123 e. The fourth-order valence-electron chi connectivity index (χ4n) is 2.98. The van der Waals surface area contributed by atoms with Gasteiger partial charge in [-0.25, -0.2) is 4.39 Å². The molecule has 3 N–H and O–H groups in total. The second-order valence-corrected chi connectivity index (χ2v) is 5.35. The van der Waals surface area contributed by atoms with Crippen LogP contribution in [0.2, 0.25) is 0 Å². The number of benzene rings is 1. The van der Waals surface area contributed by atoms with Gasteiger partial charge in [-0.15, -0.1) is 0 Å². The molecular formula is C15H23FN2O. The van der Waals surface area contributed by atoms with E-state index in [4.69, 9.17) is 5.73 Å². The third kappa shape index (κ3) is 3.25. The molecule has 1 fully saturated rings. The van der Waals surface area contributed by atoms with Crippen molar-refractivity contribution in [2.45, 2.75) is 44.7 Å². The molecule has 1 aromatic rings. The Hall–Kier alpha value is -1.13. The minimum Gasteiger partial charge on any atom is -0.395 e. The van der Waals surface area contributed by atoms with Gasteiger partial charge >= 0.3 is 0 Å². The maximum Gasteiger partial charge on any atom is 0.123 e. The largest absolute Gasteiger partial charge is 0.395 e. The summed E-state index contributed by atoms with van der Waals surface area (Å²) in [7, 11) is 0. The van der Waals surface area contributed by atoms with E-state index in [1.807, 2.05) is 6.92 Å². The lowest BCUT2D eigenvalue weighted by Gasteiger charge is -2.33. The molecule has 0 bridgehead atoms. The van der Waals surface area contributed by atoms with Crippen LogP contribution in [-0.2, 0) is 0 Å². The summed E-state index contributed by atoms with van der Waals surface area (Å²) in [5.74, 6) is -0.258. The Kier molecular flexibility index (Phi) is 4.77. The Bertz CT molecular complexity index is 417. The van der Waals surface area contributed by atoms with Crippen molar-refractivity contribution in [1.29, 1.82) is 0 Å². The van der Waals surface area contributed by atoms with E-state index in [9.17, 15) is 9.50 Å². The average molecular weight is 266 g/mol. The minimum absolute atomic E-state index is 0.103. The highest BCUT2D eigenvalue weighted by Gasteiger charge is 2.25. The van der Waals surface area contributed by atoms with Crippen LogP contribution >= 0.6 is 0 Å². The summed E-state index contributed by atoms with van der Waals surface area (Å²) in [6, 6.07) is 5.01. The first-order valence-corrected chi connectivity index (χ1v) is 7.06. The number of rotatable bonds is 5. The van der Waals surface area contributed by atoms with Crippen molar-refractivity contribution in [2.24, 2.45) is 5.73 Å². The topological polar surface area (TPSA) is 49.5 Å². The van der Waals surface area contributed by atoms with E-state index in [0.29, 0.717) is 12.6 Å². The molecule has 3 nitrogen and oxygen atoms in total. The van der Waals surface area contributed by atoms with Crippen molar-refractivity contribution in [3.05, 3.63) is 29.6 Å². The van der Waals surface area contributed by atoms with Crippen LogP contribution in [0.4, 0.5) is 10.1 Å². The minimum atomic E-state index is -0.258. The molecule has 1 saturated carbocycles. The number of aliphatic hydroxyl groups is 1. The molecular weight excluding hydrogens is 243 g/mol. The molecule has 1 atom stereocenters. The Labute approximate surface area is 114 Å². The maximum atomic E-state index is 13.4. The van der Waals surface area contributed by atoms with E-state index in [2.05, 4.69) is 4.90 Å². The first-order valence-electron chi connectivity index (χ1n) is 7.06. The van der Waals surface area contributed by atoms with Gasteiger partial charge in [0.1, 0.15) is 5.82 Å². The molecule has 1 aliphatic rings. The standard InChI is InChI=1S/C15H23FN2O/c1-11(17)14-10-12(16)6-7-15(14)18(8-9-19)13-4-2-3-5-13/h6-7,10-11,13,19H,2-5,8-9,17H2,1H3/t11-/m1/s1. The molecule has 19 heavy (non-hydrogen) atoms. The highest BCUT2D eigenvalue weighted by molar-refractivity contribution is 5.56. The van der Waals surface area contributed by atoms with Crippen LogP contribution in [0.3, 0.4) is 0 Å². The highest BCUT2D eigenvalue weighted by atomic mass is 19.1. The lowest BCUT2D eigenvalue weighted by molar-refractivity contribution is 0.297. The van der Waals surface area contributed by atoms with Crippen LogP contribution < -0.4 is 10.6 Å². The van der Waals surface area contributed by atoms with Gasteiger partial charge in [0.15, 0.2) is 0 Å². The van der Waals surface area contributed by atoms with Crippen molar-refractivity contribution in [1.82, 2.24) is 0 Å². The van der Waals surface area contributed by atoms with Gasteiger partial charge in [0.05, 0.1) is 6.61 Å². The molecule has 0 saturated heterocycles. The van der Waals surface area contributed by atoms with Crippen molar-refractivity contribution in [2.75, 3.05) is 18.1 Å². The average Bonchev–Trinajstić information content (AvgIpc) is 2.90. The van der Waals surface area contributed by atoms with Gasteiger partial charge in [-0.05, 0) is 43.5 Å². The van der Waals surface area contributed by atoms with Gasteiger partial charge in [0.2, 0.25) is 0 Å². The number of hydrogen-bond donors (Lipinski definition) is 2. The van der Waals surface area contributed by atoms with E-state index >= 15 is 0 Å². The Morgan fingerprint density at radius 3 is 2.68 bits per heavy atom. The fraction of sp³-hybridized carbons (Fsp3) is 0.600. The zero-order valence-corrected chi connectivity index (χ0v) is 11.5. The molecule has 0 unspecified atom stereocenters. The molecule has 2 rings (SSSR count). The molecule has 106 valence electrons. The number of nitrogens with zero attached hydrogens (tertiary/aromatic N) is 1. The molecule has 0 amide bonds. The molecule has 0 heterocycles. The normalized spacial score (nSPS) is 17.7. The fourth-order valence-corrected chi connectivity index (χ4v) is 2.98. The van der Waals surface area contributed by atoms with Gasteiger partial charge in [-0.1, -0.05) is 12.8 Å². The monoisotopic (exact) mass is 266 g/mol. The maximum absolute atomic E-state index is 13.4. The number of nitrogens with two attached hydrogens (primary N) is 1. The highest BCUT2D eigenvalue weighted by Crippen LogP contribution is 2.32. The van der Waals surface area contributed by atoms with Crippen molar-refractivity contribution in [3.8, 4) is 0 Å². The number of aliphatic hydroxyl groups excluding tert-OH is 1. The van der Waals surface area contributed by atoms with Gasteiger partial charge in [-0.3, -0.25) is 0 Å².